The number of rotatable bonds is 8. The van der Waals surface area contributed by atoms with Gasteiger partial charge in [-0.25, -0.2) is 4.98 Å². The predicted molar refractivity (Wildman–Crippen MR) is 244 cm³/mol. The van der Waals surface area contributed by atoms with Crippen molar-refractivity contribution in [1.29, 1.82) is 0 Å². The summed E-state index contributed by atoms with van der Waals surface area (Å²) in [6.07, 6.45) is 3.69. The van der Waals surface area contributed by atoms with Gasteiger partial charge in [-0.3, -0.25) is 4.98 Å². The van der Waals surface area contributed by atoms with E-state index in [1.54, 1.807) is 6.07 Å². The molecule has 0 fully saturated rings. The molecule has 0 amide bonds. The standard InChI is InChI=1S/C53H51BN2O2/c1-34(2)44-33-45(35-17-10-9-11-18-35)42-24-26-58-51(42)50(44)54(49-23-14-15-25-55-49)41-20-16-19-36(29-41)46-30-38(31-47(56-46)43-21-12-13-22-48(43)57)37-27-39(52(3,4)5)32-40(28-37)53(6,7)8/h9-34,57H,1-8H3. The molecular weight excluding hydrogens is 707 g/mol. The molecule has 0 saturated heterocycles. The fourth-order valence-corrected chi connectivity index (χ4v) is 8.05. The lowest BCUT2D eigenvalue weighted by Crippen LogP contribution is -2.54. The highest BCUT2D eigenvalue weighted by molar-refractivity contribution is 6.96. The minimum absolute atomic E-state index is 0.0469. The fraction of sp³-hybridized carbons (Fsp3) is 0.208. The van der Waals surface area contributed by atoms with Gasteiger partial charge in [-0.1, -0.05) is 158 Å². The molecule has 8 rings (SSSR count). The first-order chi connectivity index (χ1) is 27.8. The topological polar surface area (TPSA) is 59.2 Å². The van der Waals surface area contributed by atoms with Crippen LogP contribution in [0.25, 0.3) is 55.7 Å². The van der Waals surface area contributed by atoms with Crippen molar-refractivity contribution in [2.24, 2.45) is 0 Å². The van der Waals surface area contributed by atoms with E-state index >= 15 is 0 Å². The van der Waals surface area contributed by atoms with Gasteiger partial charge < -0.3 is 9.52 Å². The summed E-state index contributed by atoms with van der Waals surface area (Å²) < 4.78 is 6.48. The van der Waals surface area contributed by atoms with Gasteiger partial charge in [0.25, 0.3) is 6.71 Å². The second-order valence-electron chi connectivity index (χ2n) is 17.9. The van der Waals surface area contributed by atoms with E-state index in [9.17, 15) is 5.11 Å². The van der Waals surface area contributed by atoms with Gasteiger partial charge in [-0.05, 0) is 109 Å². The first kappa shape index (κ1) is 38.7. The molecule has 3 heterocycles. The number of nitrogens with zero attached hydrogens (tertiary/aromatic N) is 2. The van der Waals surface area contributed by atoms with Crippen LogP contribution in [0.2, 0.25) is 0 Å². The molecule has 0 aliphatic heterocycles. The van der Waals surface area contributed by atoms with E-state index in [4.69, 9.17) is 14.4 Å². The molecule has 0 unspecified atom stereocenters. The summed E-state index contributed by atoms with van der Waals surface area (Å²) in [6, 6.07) is 48.6. The monoisotopic (exact) mass is 758 g/mol. The molecule has 0 atom stereocenters. The third-order valence-electron chi connectivity index (χ3n) is 11.3. The molecule has 3 aromatic heterocycles. The number of benzene rings is 5. The zero-order chi connectivity index (χ0) is 40.8. The minimum Gasteiger partial charge on any atom is -0.507 e. The molecule has 0 spiro atoms. The van der Waals surface area contributed by atoms with Crippen molar-refractivity contribution >= 4 is 34.2 Å². The van der Waals surface area contributed by atoms with E-state index in [0.29, 0.717) is 11.3 Å². The number of para-hydroxylation sites is 1. The second kappa shape index (κ2) is 15.3. The SMILES string of the molecule is CC(C)c1cc(-c2ccccc2)c2ccoc2c1B(c1cccc(-c2cc(-c3cc(C(C)(C)C)cc(C(C)(C)C)c3)cc(-c3ccccc3O)n2)c1)c1ccccn1. The van der Waals surface area contributed by atoms with Crippen LogP contribution in [0, 0.1) is 0 Å². The third-order valence-corrected chi connectivity index (χ3v) is 11.3. The number of hydrogen-bond donors (Lipinski definition) is 1. The van der Waals surface area contributed by atoms with Gasteiger partial charge in [-0.15, -0.1) is 0 Å². The highest BCUT2D eigenvalue weighted by Crippen LogP contribution is 2.38. The molecule has 0 aliphatic carbocycles. The Balaban J connectivity index is 1.36. The molecule has 0 radical (unpaired) electrons. The molecule has 1 N–H and O–H groups in total. The van der Waals surface area contributed by atoms with Gasteiger partial charge in [0.05, 0.1) is 17.7 Å². The summed E-state index contributed by atoms with van der Waals surface area (Å²) in [6.45, 7) is 17.9. The Morgan fingerprint density at radius 1 is 0.586 bits per heavy atom. The highest BCUT2D eigenvalue weighted by Gasteiger charge is 2.32. The Hall–Kier alpha value is -6.20. The maximum atomic E-state index is 11.1. The van der Waals surface area contributed by atoms with E-state index in [2.05, 4.69) is 165 Å². The summed E-state index contributed by atoms with van der Waals surface area (Å²) in [7, 11) is 0. The lowest BCUT2D eigenvalue weighted by Gasteiger charge is -2.26. The van der Waals surface area contributed by atoms with Crippen LogP contribution in [0.4, 0.5) is 0 Å². The zero-order valence-electron chi connectivity index (χ0n) is 34.8. The number of phenols is 1. The molecule has 8 aromatic rings. The third kappa shape index (κ3) is 7.62. The molecule has 4 nitrogen and oxygen atoms in total. The number of phenolic OH excluding ortho intramolecular Hbond substituents is 1. The van der Waals surface area contributed by atoms with Crippen LogP contribution < -0.4 is 16.5 Å². The maximum Gasteiger partial charge on any atom is 0.270 e. The summed E-state index contributed by atoms with van der Waals surface area (Å²) in [4.78, 5) is 10.3. The number of furan rings is 1. The van der Waals surface area contributed by atoms with Crippen molar-refractivity contribution in [3.63, 3.8) is 0 Å². The maximum absolute atomic E-state index is 11.1. The van der Waals surface area contributed by atoms with E-state index in [-0.39, 0.29) is 29.2 Å². The Morgan fingerprint density at radius 2 is 1.24 bits per heavy atom. The van der Waals surface area contributed by atoms with Gasteiger partial charge in [0.1, 0.15) is 11.3 Å². The molecule has 0 bridgehead atoms. The smallest absolute Gasteiger partial charge is 0.270 e. The summed E-state index contributed by atoms with van der Waals surface area (Å²) >= 11 is 0. The van der Waals surface area contributed by atoms with E-state index in [1.807, 2.05) is 36.7 Å². The highest BCUT2D eigenvalue weighted by atomic mass is 16.3. The number of fused-ring (bicyclic) bond motifs is 1. The molecule has 0 aliphatic rings. The van der Waals surface area contributed by atoms with Gasteiger partial charge in [0.15, 0.2) is 0 Å². The lowest BCUT2D eigenvalue weighted by atomic mass is 9.37. The van der Waals surface area contributed by atoms with Gasteiger partial charge in [-0.2, -0.15) is 0 Å². The van der Waals surface area contributed by atoms with Crippen molar-refractivity contribution in [3.05, 3.63) is 169 Å². The van der Waals surface area contributed by atoms with Crippen molar-refractivity contribution in [3.8, 4) is 50.5 Å². The van der Waals surface area contributed by atoms with Crippen molar-refractivity contribution < 1.29 is 9.52 Å². The summed E-state index contributed by atoms with van der Waals surface area (Å²) in [5, 5.41) is 12.2. The number of pyridine rings is 2. The van der Waals surface area contributed by atoms with E-state index in [1.165, 1.54) is 16.7 Å². The van der Waals surface area contributed by atoms with E-state index in [0.717, 1.165) is 61.0 Å². The average Bonchev–Trinajstić information content (AvgIpc) is 3.71. The van der Waals surface area contributed by atoms with Crippen molar-refractivity contribution in [2.75, 3.05) is 0 Å². The molecule has 0 saturated carbocycles. The summed E-state index contributed by atoms with van der Waals surface area (Å²) in [5.74, 6) is 0.409. The Bertz CT molecular complexity index is 2710. The number of aromatic nitrogens is 2. The Kier molecular flexibility index (Phi) is 10.2. The number of hydrogen-bond acceptors (Lipinski definition) is 4. The zero-order valence-corrected chi connectivity index (χ0v) is 34.8. The minimum atomic E-state index is -0.226. The molecular formula is C53H51BN2O2. The first-order valence-electron chi connectivity index (χ1n) is 20.3. The Morgan fingerprint density at radius 3 is 1.91 bits per heavy atom. The van der Waals surface area contributed by atoms with Crippen LogP contribution in [0.1, 0.15) is 78.0 Å². The Labute approximate surface area is 343 Å². The molecule has 58 heavy (non-hydrogen) atoms. The van der Waals surface area contributed by atoms with Crippen molar-refractivity contribution in [1.82, 2.24) is 9.97 Å². The lowest BCUT2D eigenvalue weighted by molar-refractivity contribution is 0.477. The largest absolute Gasteiger partial charge is 0.507 e. The van der Waals surface area contributed by atoms with Crippen LogP contribution in [-0.4, -0.2) is 21.8 Å². The molecule has 288 valence electrons. The average molecular weight is 759 g/mol. The van der Waals surface area contributed by atoms with Crippen LogP contribution in [-0.2, 0) is 10.8 Å². The molecule has 5 aromatic carbocycles. The number of aromatic hydroxyl groups is 1. The van der Waals surface area contributed by atoms with Gasteiger partial charge in [0, 0.05) is 22.7 Å². The van der Waals surface area contributed by atoms with Crippen LogP contribution in [0.15, 0.2) is 156 Å². The van der Waals surface area contributed by atoms with E-state index < -0.39 is 0 Å². The molecule has 5 heteroatoms. The predicted octanol–water partition coefficient (Wildman–Crippen LogP) is 11.8. The van der Waals surface area contributed by atoms with Gasteiger partial charge >= 0.3 is 0 Å². The van der Waals surface area contributed by atoms with Crippen LogP contribution in [0.5, 0.6) is 5.75 Å². The summed E-state index contributed by atoms with van der Waals surface area (Å²) in [5.41, 5.74) is 15.4. The first-order valence-corrected chi connectivity index (χ1v) is 20.3. The normalized spacial score (nSPS) is 12.0. The fourth-order valence-electron chi connectivity index (χ4n) is 8.05. The quantitative estimate of drug-likeness (QED) is 0.157. The van der Waals surface area contributed by atoms with Crippen molar-refractivity contribution in [2.45, 2.75) is 72.1 Å². The van der Waals surface area contributed by atoms with Gasteiger partial charge in [0.2, 0.25) is 0 Å². The van der Waals surface area contributed by atoms with Crippen LogP contribution >= 0.6 is 0 Å². The second-order valence-corrected chi connectivity index (χ2v) is 17.9. The van der Waals surface area contributed by atoms with Crippen LogP contribution in [0.3, 0.4) is 0 Å².